The Morgan fingerprint density at radius 2 is 1.60 bits per heavy atom. The fourth-order valence-corrected chi connectivity index (χ4v) is 3.77. The predicted octanol–water partition coefficient (Wildman–Crippen LogP) is 2.36. The molecule has 0 atom stereocenters. The van der Waals surface area contributed by atoms with Crippen LogP contribution in [0.3, 0.4) is 0 Å². The summed E-state index contributed by atoms with van der Waals surface area (Å²) >= 11 is 0. The molecule has 0 spiro atoms. The number of pyridine rings is 1. The van der Waals surface area contributed by atoms with Gasteiger partial charge in [-0.25, -0.2) is 14.5 Å². The Kier molecular flexibility index (Phi) is 4.23. The van der Waals surface area contributed by atoms with E-state index >= 15 is 0 Å². The minimum absolute atomic E-state index is 0.00888. The van der Waals surface area contributed by atoms with Gasteiger partial charge in [0.05, 0.1) is 11.9 Å². The summed E-state index contributed by atoms with van der Waals surface area (Å²) in [4.78, 5) is 26.2. The van der Waals surface area contributed by atoms with Crippen molar-refractivity contribution in [3.05, 3.63) is 64.8 Å². The second-order valence-corrected chi connectivity index (χ2v) is 8.73. The number of aromatic nitrogens is 5. The van der Waals surface area contributed by atoms with Crippen molar-refractivity contribution in [2.75, 3.05) is 36.0 Å². The summed E-state index contributed by atoms with van der Waals surface area (Å²) in [6.07, 6.45) is 3.76. The summed E-state index contributed by atoms with van der Waals surface area (Å²) in [5, 5.41) is 4.78. The van der Waals surface area contributed by atoms with E-state index in [0.29, 0.717) is 5.65 Å². The molecule has 5 rings (SSSR count). The Labute approximate surface area is 174 Å². The van der Waals surface area contributed by atoms with Crippen LogP contribution < -0.4 is 15.4 Å². The summed E-state index contributed by atoms with van der Waals surface area (Å²) in [6, 6.07) is 11.3. The summed E-state index contributed by atoms with van der Waals surface area (Å²) in [5.74, 6) is 1.67. The van der Waals surface area contributed by atoms with Gasteiger partial charge in [0.2, 0.25) is 0 Å². The molecule has 30 heavy (non-hydrogen) atoms. The van der Waals surface area contributed by atoms with Crippen LogP contribution in [-0.2, 0) is 5.41 Å². The van der Waals surface area contributed by atoms with Gasteiger partial charge in [-0.1, -0.05) is 26.8 Å². The van der Waals surface area contributed by atoms with Crippen molar-refractivity contribution >= 4 is 22.9 Å². The average Bonchev–Trinajstić information content (AvgIpc) is 3.18. The molecule has 154 valence electrons. The van der Waals surface area contributed by atoms with E-state index in [9.17, 15) is 4.79 Å². The molecule has 8 heteroatoms. The molecule has 0 radical (unpaired) electrons. The van der Waals surface area contributed by atoms with Crippen LogP contribution in [0.15, 0.2) is 53.6 Å². The van der Waals surface area contributed by atoms with Crippen molar-refractivity contribution in [3.8, 4) is 0 Å². The SMILES string of the molecule is CC(C)(C)c1cn2nc(N3CCN(c4cc(=O)n5ccccc5n4)CC3)ccc2n1. The highest BCUT2D eigenvalue weighted by Crippen LogP contribution is 2.23. The standard InChI is InChI=1S/C22H25N7O/c1-22(2,3)16-15-29-18(23-16)7-8-19(25-29)26-10-12-27(13-11-26)20-14-21(30)28-9-5-4-6-17(28)24-20/h4-9,14-15H,10-13H2,1-3H3. The third kappa shape index (κ3) is 3.28. The molecule has 8 nitrogen and oxygen atoms in total. The van der Waals surface area contributed by atoms with E-state index < -0.39 is 0 Å². The molecular formula is C22H25N7O. The third-order valence-corrected chi connectivity index (χ3v) is 5.56. The van der Waals surface area contributed by atoms with Gasteiger partial charge in [-0.2, -0.15) is 0 Å². The van der Waals surface area contributed by atoms with Crippen LogP contribution in [0.25, 0.3) is 11.3 Å². The van der Waals surface area contributed by atoms with E-state index in [1.54, 1.807) is 16.7 Å². The number of rotatable bonds is 2. The number of piperazine rings is 1. The Balaban J connectivity index is 1.35. The lowest BCUT2D eigenvalue weighted by Gasteiger charge is -2.35. The maximum absolute atomic E-state index is 12.4. The molecule has 1 aliphatic rings. The smallest absolute Gasteiger partial charge is 0.259 e. The largest absolute Gasteiger partial charge is 0.353 e. The number of anilines is 2. The molecule has 1 aliphatic heterocycles. The second kappa shape index (κ2) is 6.83. The molecule has 5 heterocycles. The first-order valence-electron chi connectivity index (χ1n) is 10.2. The van der Waals surface area contributed by atoms with Gasteiger partial charge in [-0.3, -0.25) is 9.20 Å². The van der Waals surface area contributed by atoms with Crippen LogP contribution in [0.1, 0.15) is 26.5 Å². The molecule has 0 bridgehead atoms. The minimum atomic E-state index is -0.0556. The summed E-state index contributed by atoms with van der Waals surface area (Å²) < 4.78 is 3.43. The number of hydrogen-bond acceptors (Lipinski definition) is 6. The maximum atomic E-state index is 12.4. The van der Waals surface area contributed by atoms with Crippen LogP contribution in [0.2, 0.25) is 0 Å². The lowest BCUT2D eigenvalue weighted by Crippen LogP contribution is -2.47. The number of fused-ring (bicyclic) bond motifs is 2. The monoisotopic (exact) mass is 403 g/mol. The fourth-order valence-electron chi connectivity index (χ4n) is 3.77. The molecular weight excluding hydrogens is 378 g/mol. The third-order valence-electron chi connectivity index (χ3n) is 5.56. The summed E-state index contributed by atoms with van der Waals surface area (Å²) in [6.45, 7) is 9.66. The zero-order valence-electron chi connectivity index (χ0n) is 17.5. The Bertz CT molecular complexity index is 1280. The molecule has 4 aromatic heterocycles. The van der Waals surface area contributed by atoms with E-state index in [2.05, 4.69) is 40.5 Å². The Morgan fingerprint density at radius 3 is 2.33 bits per heavy atom. The predicted molar refractivity (Wildman–Crippen MR) is 118 cm³/mol. The highest BCUT2D eigenvalue weighted by molar-refractivity contribution is 5.51. The molecule has 4 aromatic rings. The van der Waals surface area contributed by atoms with E-state index in [1.165, 1.54) is 0 Å². The molecule has 0 saturated carbocycles. The van der Waals surface area contributed by atoms with Gasteiger partial charge in [0.25, 0.3) is 5.56 Å². The molecule has 0 aliphatic carbocycles. The summed E-state index contributed by atoms with van der Waals surface area (Å²) in [7, 11) is 0. The zero-order valence-corrected chi connectivity index (χ0v) is 17.5. The van der Waals surface area contributed by atoms with Gasteiger partial charge >= 0.3 is 0 Å². The minimum Gasteiger partial charge on any atom is -0.353 e. The van der Waals surface area contributed by atoms with Crippen molar-refractivity contribution < 1.29 is 0 Å². The van der Waals surface area contributed by atoms with Crippen LogP contribution in [0.5, 0.6) is 0 Å². The number of hydrogen-bond donors (Lipinski definition) is 0. The van der Waals surface area contributed by atoms with Crippen LogP contribution in [0, 0.1) is 0 Å². The van der Waals surface area contributed by atoms with Crippen molar-refractivity contribution in [3.63, 3.8) is 0 Å². The van der Waals surface area contributed by atoms with Gasteiger partial charge in [0.15, 0.2) is 5.65 Å². The van der Waals surface area contributed by atoms with Gasteiger partial charge in [-0.15, -0.1) is 5.10 Å². The quantitative estimate of drug-likeness (QED) is 0.512. The van der Waals surface area contributed by atoms with E-state index in [4.69, 9.17) is 5.10 Å². The van der Waals surface area contributed by atoms with Crippen LogP contribution in [-0.4, -0.2) is 50.2 Å². The maximum Gasteiger partial charge on any atom is 0.259 e. The second-order valence-electron chi connectivity index (χ2n) is 8.73. The van der Waals surface area contributed by atoms with E-state index in [0.717, 1.165) is 49.2 Å². The van der Waals surface area contributed by atoms with Crippen molar-refractivity contribution in [2.24, 2.45) is 0 Å². The van der Waals surface area contributed by atoms with E-state index in [1.807, 2.05) is 41.0 Å². The first-order valence-corrected chi connectivity index (χ1v) is 10.2. The fraction of sp³-hybridized carbons (Fsp3) is 0.364. The number of imidazole rings is 1. The average molecular weight is 403 g/mol. The van der Waals surface area contributed by atoms with Gasteiger partial charge in [-0.05, 0) is 24.3 Å². The van der Waals surface area contributed by atoms with Gasteiger partial charge in [0.1, 0.15) is 17.3 Å². The molecule has 1 fully saturated rings. The lowest BCUT2D eigenvalue weighted by molar-refractivity contribution is 0.572. The molecule has 0 unspecified atom stereocenters. The normalized spacial score (nSPS) is 15.3. The van der Waals surface area contributed by atoms with Gasteiger partial charge < -0.3 is 9.80 Å². The van der Waals surface area contributed by atoms with Crippen molar-refractivity contribution in [1.29, 1.82) is 0 Å². The first-order chi connectivity index (χ1) is 14.4. The highest BCUT2D eigenvalue weighted by Gasteiger charge is 2.22. The number of nitrogens with zero attached hydrogens (tertiary/aromatic N) is 7. The van der Waals surface area contributed by atoms with Crippen molar-refractivity contribution in [1.82, 2.24) is 24.0 Å². The molecule has 0 aromatic carbocycles. The lowest BCUT2D eigenvalue weighted by atomic mass is 9.93. The highest BCUT2D eigenvalue weighted by atomic mass is 16.1. The first kappa shape index (κ1) is 18.6. The van der Waals surface area contributed by atoms with Gasteiger partial charge in [0, 0.05) is 43.9 Å². The Morgan fingerprint density at radius 1 is 0.867 bits per heavy atom. The molecule has 0 amide bonds. The van der Waals surface area contributed by atoms with Crippen LogP contribution in [0.4, 0.5) is 11.6 Å². The molecule has 1 saturated heterocycles. The molecule has 0 N–H and O–H groups in total. The zero-order chi connectivity index (χ0) is 20.9. The summed E-state index contributed by atoms with van der Waals surface area (Å²) in [5.41, 5.74) is 2.50. The van der Waals surface area contributed by atoms with E-state index in [-0.39, 0.29) is 11.0 Å². The van der Waals surface area contributed by atoms with Crippen molar-refractivity contribution in [2.45, 2.75) is 26.2 Å². The topological polar surface area (TPSA) is 71.0 Å². The Hall–Kier alpha value is -3.42. The van der Waals surface area contributed by atoms with Crippen LogP contribution >= 0.6 is 0 Å².